The Kier molecular flexibility index (Phi) is 2.07. The zero-order valence-electron chi connectivity index (χ0n) is 8.25. The number of nitrogens with zero attached hydrogens (tertiary/aromatic N) is 3. The highest BCUT2D eigenvalue weighted by atomic mass is 15.3. The number of hydrogen-bond donors (Lipinski definition) is 1. The molecule has 0 unspecified atom stereocenters. The largest absolute Gasteiger partial charge is 0.320 e. The second-order valence-electron chi connectivity index (χ2n) is 4.11. The third-order valence-corrected chi connectivity index (χ3v) is 2.85. The summed E-state index contributed by atoms with van der Waals surface area (Å²) in [5, 5.41) is 11.5. The van der Waals surface area contributed by atoms with Crippen molar-refractivity contribution in [3.8, 4) is 0 Å². The molecule has 0 spiro atoms. The Labute approximate surface area is 78.4 Å². The number of hydrogen-bond acceptors (Lipinski definition) is 3. The Hall–Kier alpha value is -0.900. The van der Waals surface area contributed by atoms with Crippen molar-refractivity contribution >= 4 is 0 Å². The van der Waals surface area contributed by atoms with Gasteiger partial charge >= 0.3 is 0 Å². The van der Waals surface area contributed by atoms with Crippen LogP contribution in [0.1, 0.15) is 25.6 Å². The van der Waals surface area contributed by atoms with Crippen LogP contribution >= 0.6 is 0 Å². The second-order valence-corrected chi connectivity index (χ2v) is 4.11. The van der Waals surface area contributed by atoms with E-state index in [2.05, 4.69) is 22.4 Å². The lowest BCUT2D eigenvalue weighted by molar-refractivity contribution is 0.316. The summed E-state index contributed by atoms with van der Waals surface area (Å²) in [6, 6.07) is 0. The molecule has 1 aliphatic heterocycles. The number of aryl methyl sites for hydroxylation is 1. The molecule has 0 aromatic carbocycles. The average Bonchev–Trinajstić information content (AvgIpc) is 2.53. The molecule has 2 rings (SSSR count). The normalized spacial score (nSPS) is 29.1. The lowest BCUT2D eigenvalue weighted by Gasteiger charge is -2.32. The molecule has 0 bridgehead atoms. The third kappa shape index (κ3) is 1.46. The number of aromatic nitrogens is 3. The average molecular weight is 180 g/mol. The van der Waals surface area contributed by atoms with E-state index in [4.69, 9.17) is 0 Å². The molecule has 72 valence electrons. The van der Waals surface area contributed by atoms with Crippen LogP contribution in [0.4, 0.5) is 0 Å². The molecule has 1 saturated heterocycles. The van der Waals surface area contributed by atoms with Gasteiger partial charge in [-0.3, -0.25) is 0 Å². The van der Waals surface area contributed by atoms with E-state index in [0.29, 0.717) is 0 Å². The molecular weight excluding hydrogens is 164 g/mol. The summed E-state index contributed by atoms with van der Waals surface area (Å²) in [6.45, 7) is 4.40. The van der Waals surface area contributed by atoms with Gasteiger partial charge in [0.2, 0.25) is 0 Å². The predicted molar refractivity (Wildman–Crippen MR) is 50.5 cm³/mol. The summed E-state index contributed by atoms with van der Waals surface area (Å²) >= 11 is 0. The van der Waals surface area contributed by atoms with Gasteiger partial charge in [-0.2, -0.15) is 0 Å². The van der Waals surface area contributed by atoms with Crippen molar-refractivity contribution in [3.63, 3.8) is 0 Å². The van der Waals surface area contributed by atoms with E-state index in [1.54, 1.807) is 6.33 Å². The maximum absolute atomic E-state index is 4.18. The molecule has 1 aliphatic rings. The highest BCUT2D eigenvalue weighted by Crippen LogP contribution is 2.28. The first-order valence-corrected chi connectivity index (χ1v) is 4.78. The number of rotatable bonds is 1. The highest BCUT2D eigenvalue weighted by Gasteiger charge is 2.32. The fraction of sp³-hybridized carbons (Fsp3) is 0.778. The van der Waals surface area contributed by atoms with Gasteiger partial charge in [0.1, 0.15) is 12.2 Å². The molecule has 1 aromatic heterocycles. The van der Waals surface area contributed by atoms with E-state index in [0.717, 1.165) is 18.9 Å². The van der Waals surface area contributed by atoms with Gasteiger partial charge in [-0.1, -0.05) is 6.92 Å². The Morgan fingerprint density at radius 1 is 1.62 bits per heavy atom. The lowest BCUT2D eigenvalue weighted by Crippen LogP contribution is -2.42. The smallest absolute Gasteiger partial charge is 0.139 e. The van der Waals surface area contributed by atoms with Crippen molar-refractivity contribution in [2.24, 2.45) is 7.05 Å². The van der Waals surface area contributed by atoms with E-state index in [1.165, 1.54) is 12.8 Å². The monoisotopic (exact) mass is 180 g/mol. The lowest BCUT2D eigenvalue weighted by atomic mass is 9.82. The van der Waals surface area contributed by atoms with Crippen LogP contribution in [0, 0.1) is 0 Å². The van der Waals surface area contributed by atoms with Gasteiger partial charge in [0, 0.05) is 19.0 Å². The molecular formula is C9H16N4. The summed E-state index contributed by atoms with van der Waals surface area (Å²) in [6.07, 6.45) is 4.20. The molecule has 1 atom stereocenters. The molecule has 0 aliphatic carbocycles. The summed E-state index contributed by atoms with van der Waals surface area (Å²) in [4.78, 5) is 0. The van der Waals surface area contributed by atoms with Gasteiger partial charge in [0.05, 0.1) is 0 Å². The molecule has 13 heavy (non-hydrogen) atoms. The van der Waals surface area contributed by atoms with E-state index in [-0.39, 0.29) is 5.41 Å². The van der Waals surface area contributed by atoms with Crippen molar-refractivity contribution in [3.05, 3.63) is 12.2 Å². The Balaban J connectivity index is 2.27. The molecule has 1 fully saturated rings. The van der Waals surface area contributed by atoms with Crippen LogP contribution in [0.5, 0.6) is 0 Å². The molecule has 0 amide bonds. The zero-order chi connectivity index (χ0) is 9.31. The summed E-state index contributed by atoms with van der Waals surface area (Å²) in [5.74, 6) is 1.10. The summed E-state index contributed by atoms with van der Waals surface area (Å²) in [5.41, 5.74) is 0.170. The minimum atomic E-state index is 0.170. The maximum atomic E-state index is 4.18. The first-order valence-electron chi connectivity index (χ1n) is 4.78. The molecule has 4 nitrogen and oxygen atoms in total. The zero-order valence-corrected chi connectivity index (χ0v) is 8.25. The SMILES string of the molecule is Cn1cnnc1[C@@]1(C)CCCNC1. The van der Waals surface area contributed by atoms with Crippen LogP contribution in [0.15, 0.2) is 6.33 Å². The topological polar surface area (TPSA) is 42.7 Å². The van der Waals surface area contributed by atoms with Gasteiger partial charge in [0.15, 0.2) is 0 Å². The first kappa shape index (κ1) is 8.69. The van der Waals surface area contributed by atoms with Crippen LogP contribution in [-0.4, -0.2) is 27.9 Å². The maximum Gasteiger partial charge on any atom is 0.139 e. The van der Waals surface area contributed by atoms with Crippen LogP contribution in [0.3, 0.4) is 0 Å². The minimum Gasteiger partial charge on any atom is -0.320 e. The quantitative estimate of drug-likeness (QED) is 0.682. The standard InChI is InChI=1S/C9H16N4/c1-9(4-3-5-10-6-9)8-12-11-7-13(8)2/h7,10H,3-6H2,1-2H3/t9-/m0/s1. The number of nitrogens with one attached hydrogen (secondary N) is 1. The van der Waals surface area contributed by atoms with E-state index in [1.807, 2.05) is 11.6 Å². The van der Waals surface area contributed by atoms with Crippen LogP contribution in [0.2, 0.25) is 0 Å². The molecule has 1 aromatic rings. The van der Waals surface area contributed by atoms with Crippen molar-refractivity contribution in [1.82, 2.24) is 20.1 Å². The molecule has 2 heterocycles. The molecule has 1 N–H and O–H groups in total. The Morgan fingerprint density at radius 2 is 2.46 bits per heavy atom. The molecule has 0 radical (unpaired) electrons. The second kappa shape index (κ2) is 3.10. The van der Waals surface area contributed by atoms with E-state index < -0.39 is 0 Å². The highest BCUT2D eigenvalue weighted by molar-refractivity contribution is 5.08. The van der Waals surface area contributed by atoms with Gasteiger partial charge in [-0.05, 0) is 19.4 Å². The fourth-order valence-electron chi connectivity index (χ4n) is 2.08. The van der Waals surface area contributed by atoms with Crippen LogP contribution < -0.4 is 5.32 Å². The Bertz CT molecular complexity index is 286. The third-order valence-electron chi connectivity index (χ3n) is 2.85. The van der Waals surface area contributed by atoms with E-state index in [9.17, 15) is 0 Å². The van der Waals surface area contributed by atoms with Crippen molar-refractivity contribution in [2.45, 2.75) is 25.2 Å². The first-order chi connectivity index (χ1) is 6.22. The van der Waals surface area contributed by atoms with Crippen molar-refractivity contribution < 1.29 is 0 Å². The van der Waals surface area contributed by atoms with Gasteiger partial charge in [-0.15, -0.1) is 10.2 Å². The predicted octanol–water partition coefficient (Wildman–Crippen LogP) is 0.456. The molecule has 4 heteroatoms. The van der Waals surface area contributed by atoms with Crippen molar-refractivity contribution in [1.29, 1.82) is 0 Å². The van der Waals surface area contributed by atoms with E-state index >= 15 is 0 Å². The van der Waals surface area contributed by atoms with Crippen LogP contribution in [-0.2, 0) is 12.5 Å². The number of piperidine rings is 1. The summed E-state index contributed by atoms with van der Waals surface area (Å²) in [7, 11) is 2.01. The van der Waals surface area contributed by atoms with Crippen LogP contribution in [0.25, 0.3) is 0 Å². The van der Waals surface area contributed by atoms with Gasteiger partial charge in [-0.25, -0.2) is 0 Å². The minimum absolute atomic E-state index is 0.170. The molecule has 0 saturated carbocycles. The Morgan fingerprint density at radius 3 is 3.00 bits per heavy atom. The van der Waals surface area contributed by atoms with Gasteiger partial charge < -0.3 is 9.88 Å². The van der Waals surface area contributed by atoms with Crippen molar-refractivity contribution in [2.75, 3.05) is 13.1 Å². The van der Waals surface area contributed by atoms with Gasteiger partial charge in [0.25, 0.3) is 0 Å². The fourth-order valence-corrected chi connectivity index (χ4v) is 2.08. The summed E-state index contributed by atoms with van der Waals surface area (Å²) < 4.78 is 2.02.